The van der Waals surface area contributed by atoms with Crippen LogP contribution in [0.15, 0.2) is 12.4 Å². The van der Waals surface area contributed by atoms with Gasteiger partial charge in [-0.3, -0.25) is 9.89 Å². The molecule has 1 aliphatic heterocycles. The zero-order valence-electron chi connectivity index (χ0n) is 14.5. The molecule has 8 nitrogen and oxygen atoms in total. The molecule has 8 heteroatoms. The quantitative estimate of drug-likeness (QED) is 0.784. The summed E-state index contributed by atoms with van der Waals surface area (Å²) in [5, 5.41) is 9.48. The van der Waals surface area contributed by atoms with Crippen molar-refractivity contribution >= 4 is 12.0 Å². The maximum Gasteiger partial charge on any atom is 0.410 e. The number of nitrogens with one attached hydrogen (secondary N) is 2. The molecular formula is C16H26N4O4. The third-order valence-electron chi connectivity index (χ3n) is 3.51. The van der Waals surface area contributed by atoms with Gasteiger partial charge in [-0.1, -0.05) is 0 Å². The first-order valence-corrected chi connectivity index (χ1v) is 8.20. The fourth-order valence-electron chi connectivity index (χ4n) is 2.33. The second-order valence-corrected chi connectivity index (χ2v) is 6.79. The van der Waals surface area contributed by atoms with Crippen molar-refractivity contribution in [3.63, 3.8) is 0 Å². The summed E-state index contributed by atoms with van der Waals surface area (Å²) in [6.07, 6.45) is 4.19. The lowest BCUT2D eigenvalue weighted by Crippen LogP contribution is -2.52. The molecule has 2 rings (SSSR count). The molecule has 0 aliphatic carbocycles. The molecular weight excluding hydrogens is 312 g/mol. The third-order valence-corrected chi connectivity index (χ3v) is 3.51. The van der Waals surface area contributed by atoms with E-state index in [0.717, 1.165) is 18.4 Å². The summed E-state index contributed by atoms with van der Waals surface area (Å²) in [4.78, 5) is 25.8. The molecule has 24 heavy (non-hydrogen) atoms. The van der Waals surface area contributed by atoms with Crippen molar-refractivity contribution in [1.82, 2.24) is 20.4 Å². The zero-order chi connectivity index (χ0) is 17.6. The standard InChI is InChI=1S/C16H26N4O4/c1-16(2,3)24-15(22)20-7-8-23-13(11-20)14(21)17-6-4-5-12-9-18-19-10-12/h9-10,13H,4-8,11H2,1-3H3,(H,17,21)(H,18,19)/t13-/m1/s1. The average molecular weight is 338 g/mol. The highest BCUT2D eigenvalue weighted by Crippen LogP contribution is 2.13. The summed E-state index contributed by atoms with van der Waals surface area (Å²) in [7, 11) is 0. The number of morpholine rings is 1. The van der Waals surface area contributed by atoms with Crippen molar-refractivity contribution in [1.29, 1.82) is 0 Å². The largest absolute Gasteiger partial charge is 0.444 e. The van der Waals surface area contributed by atoms with E-state index in [1.54, 1.807) is 6.20 Å². The van der Waals surface area contributed by atoms with E-state index in [4.69, 9.17) is 9.47 Å². The molecule has 0 unspecified atom stereocenters. The molecule has 1 aromatic rings. The van der Waals surface area contributed by atoms with Gasteiger partial charge >= 0.3 is 6.09 Å². The van der Waals surface area contributed by atoms with Gasteiger partial charge in [-0.25, -0.2) is 4.79 Å². The lowest BCUT2D eigenvalue weighted by molar-refractivity contribution is -0.137. The van der Waals surface area contributed by atoms with Crippen molar-refractivity contribution in [2.45, 2.75) is 45.3 Å². The monoisotopic (exact) mass is 338 g/mol. The minimum absolute atomic E-state index is 0.199. The maximum absolute atomic E-state index is 12.2. The van der Waals surface area contributed by atoms with Crippen LogP contribution in [0.3, 0.4) is 0 Å². The number of rotatable bonds is 5. The number of carbonyl (C=O) groups is 2. The lowest BCUT2D eigenvalue weighted by atomic mass is 10.2. The molecule has 2 heterocycles. The predicted octanol–water partition coefficient (Wildman–Crippen LogP) is 1.09. The average Bonchev–Trinajstić information content (AvgIpc) is 3.03. The van der Waals surface area contributed by atoms with E-state index >= 15 is 0 Å². The number of aryl methyl sites for hydroxylation is 1. The Morgan fingerprint density at radius 1 is 1.50 bits per heavy atom. The maximum atomic E-state index is 12.2. The minimum atomic E-state index is -0.653. The molecule has 2 amide bonds. The highest BCUT2D eigenvalue weighted by atomic mass is 16.6. The number of hydrogen-bond acceptors (Lipinski definition) is 5. The van der Waals surface area contributed by atoms with E-state index in [9.17, 15) is 9.59 Å². The molecule has 1 aromatic heterocycles. The van der Waals surface area contributed by atoms with Crippen molar-refractivity contribution in [2.75, 3.05) is 26.2 Å². The van der Waals surface area contributed by atoms with Crippen molar-refractivity contribution < 1.29 is 19.1 Å². The van der Waals surface area contributed by atoms with Crippen LogP contribution in [-0.2, 0) is 20.7 Å². The first-order chi connectivity index (χ1) is 11.3. The Labute approximate surface area is 141 Å². The second-order valence-electron chi connectivity index (χ2n) is 6.79. The molecule has 0 bridgehead atoms. The highest BCUT2D eigenvalue weighted by molar-refractivity contribution is 5.82. The van der Waals surface area contributed by atoms with Gasteiger partial charge in [-0.15, -0.1) is 0 Å². The fourth-order valence-corrected chi connectivity index (χ4v) is 2.33. The number of aromatic nitrogens is 2. The normalized spacial score (nSPS) is 18.3. The van der Waals surface area contributed by atoms with Gasteiger partial charge in [0.1, 0.15) is 5.60 Å². The van der Waals surface area contributed by atoms with E-state index < -0.39 is 17.8 Å². The van der Waals surface area contributed by atoms with Crippen LogP contribution in [0.25, 0.3) is 0 Å². The summed E-state index contributed by atoms with van der Waals surface area (Å²) in [5.74, 6) is -0.199. The highest BCUT2D eigenvalue weighted by Gasteiger charge is 2.31. The predicted molar refractivity (Wildman–Crippen MR) is 87.5 cm³/mol. The molecule has 1 aliphatic rings. The van der Waals surface area contributed by atoms with E-state index in [1.165, 1.54) is 4.90 Å². The summed E-state index contributed by atoms with van der Waals surface area (Å²) >= 11 is 0. The Kier molecular flexibility index (Phi) is 6.19. The first kappa shape index (κ1) is 18.3. The molecule has 1 fully saturated rings. The van der Waals surface area contributed by atoms with Crippen molar-refractivity contribution in [2.24, 2.45) is 0 Å². The number of hydrogen-bond donors (Lipinski definition) is 2. The van der Waals surface area contributed by atoms with Crippen molar-refractivity contribution in [3.05, 3.63) is 18.0 Å². The van der Waals surface area contributed by atoms with E-state index in [2.05, 4.69) is 15.5 Å². The number of aromatic amines is 1. The number of amides is 2. The molecule has 1 atom stereocenters. The smallest absolute Gasteiger partial charge is 0.410 e. The Balaban J connectivity index is 1.72. The summed E-state index contributed by atoms with van der Waals surface area (Å²) in [5.41, 5.74) is 0.550. The second kappa shape index (κ2) is 8.14. The van der Waals surface area contributed by atoms with Gasteiger partial charge in [0.2, 0.25) is 0 Å². The number of nitrogens with zero attached hydrogens (tertiary/aromatic N) is 2. The summed E-state index contributed by atoms with van der Waals surface area (Å²) < 4.78 is 10.8. The molecule has 0 aromatic carbocycles. The van der Waals surface area contributed by atoms with Crippen LogP contribution in [0.4, 0.5) is 4.79 Å². The van der Waals surface area contributed by atoms with Gasteiger partial charge in [-0.05, 0) is 39.2 Å². The molecule has 134 valence electrons. The van der Waals surface area contributed by atoms with E-state index in [1.807, 2.05) is 27.0 Å². The van der Waals surface area contributed by atoms with Crippen LogP contribution in [-0.4, -0.2) is 65.0 Å². The van der Waals surface area contributed by atoms with Gasteiger partial charge in [0.25, 0.3) is 5.91 Å². The first-order valence-electron chi connectivity index (χ1n) is 8.20. The van der Waals surface area contributed by atoms with Gasteiger partial charge in [0, 0.05) is 19.3 Å². The summed E-state index contributed by atoms with van der Waals surface area (Å²) in [6.45, 7) is 6.96. The molecule has 0 saturated carbocycles. The minimum Gasteiger partial charge on any atom is -0.444 e. The van der Waals surface area contributed by atoms with Crippen molar-refractivity contribution in [3.8, 4) is 0 Å². The number of H-pyrrole nitrogens is 1. The van der Waals surface area contributed by atoms with Gasteiger partial charge < -0.3 is 19.7 Å². The van der Waals surface area contributed by atoms with Crippen LogP contribution < -0.4 is 5.32 Å². The molecule has 0 spiro atoms. The number of ether oxygens (including phenoxy) is 2. The van der Waals surface area contributed by atoms with Crippen LogP contribution in [0.5, 0.6) is 0 Å². The summed E-state index contributed by atoms with van der Waals surface area (Å²) in [6, 6.07) is 0. The van der Waals surface area contributed by atoms with Crippen LogP contribution in [0.1, 0.15) is 32.8 Å². The molecule has 2 N–H and O–H groups in total. The van der Waals surface area contributed by atoms with Gasteiger partial charge in [0.15, 0.2) is 6.10 Å². The van der Waals surface area contributed by atoms with Gasteiger partial charge in [-0.2, -0.15) is 5.10 Å². The zero-order valence-corrected chi connectivity index (χ0v) is 14.5. The topological polar surface area (TPSA) is 96.5 Å². The van der Waals surface area contributed by atoms with E-state index in [0.29, 0.717) is 19.7 Å². The SMILES string of the molecule is CC(C)(C)OC(=O)N1CCO[C@@H](C(=O)NCCCc2cn[nH]c2)C1. The fraction of sp³-hybridized carbons (Fsp3) is 0.688. The molecule has 1 saturated heterocycles. The third kappa shape index (κ3) is 5.84. The Morgan fingerprint density at radius 2 is 2.29 bits per heavy atom. The molecule has 0 radical (unpaired) electrons. The van der Waals surface area contributed by atoms with Crippen LogP contribution in [0.2, 0.25) is 0 Å². The number of carbonyl (C=O) groups excluding carboxylic acids is 2. The lowest BCUT2D eigenvalue weighted by Gasteiger charge is -2.33. The van der Waals surface area contributed by atoms with E-state index in [-0.39, 0.29) is 12.5 Å². The van der Waals surface area contributed by atoms with Crippen LogP contribution in [0, 0.1) is 0 Å². The van der Waals surface area contributed by atoms with Gasteiger partial charge in [0.05, 0.1) is 19.3 Å². The Morgan fingerprint density at radius 3 is 2.96 bits per heavy atom. The Hall–Kier alpha value is -2.09. The van der Waals surface area contributed by atoms with Crippen LogP contribution >= 0.6 is 0 Å². The Bertz CT molecular complexity index is 539.